The van der Waals surface area contributed by atoms with Crippen molar-refractivity contribution in [2.45, 2.75) is 58.1 Å². The van der Waals surface area contributed by atoms with E-state index in [9.17, 15) is 14.4 Å². The van der Waals surface area contributed by atoms with Crippen LogP contribution in [0.1, 0.15) is 72.0 Å². The van der Waals surface area contributed by atoms with Crippen LogP contribution in [0.3, 0.4) is 0 Å². The van der Waals surface area contributed by atoms with E-state index in [0.29, 0.717) is 22.7 Å². The lowest BCUT2D eigenvalue weighted by Crippen LogP contribution is -2.42. The largest absolute Gasteiger partial charge is 0.468 e. The molecule has 0 N–H and O–H groups in total. The van der Waals surface area contributed by atoms with Gasteiger partial charge in [0, 0.05) is 24.8 Å². The van der Waals surface area contributed by atoms with Crippen LogP contribution in [0.2, 0.25) is 0 Å². The van der Waals surface area contributed by atoms with E-state index >= 15 is 0 Å². The van der Waals surface area contributed by atoms with E-state index in [2.05, 4.69) is 11.9 Å². The summed E-state index contributed by atoms with van der Waals surface area (Å²) in [6.45, 7) is 5.57. The molecule has 36 heavy (non-hydrogen) atoms. The molecule has 2 aromatic heterocycles. The molecule has 1 aromatic carbocycles. The number of thiophene rings is 1. The monoisotopic (exact) mass is 512 g/mol. The molecule has 0 radical (unpaired) electrons. The Kier molecular flexibility index (Phi) is 9.03. The first-order valence-corrected chi connectivity index (χ1v) is 12.6. The van der Waals surface area contributed by atoms with Gasteiger partial charge in [-0.05, 0) is 42.5 Å². The molecule has 0 bridgehead atoms. The van der Waals surface area contributed by atoms with Gasteiger partial charge in [0.25, 0.3) is 0 Å². The summed E-state index contributed by atoms with van der Waals surface area (Å²) in [5.74, 6) is -0.619. The molecule has 0 aliphatic rings. The maximum atomic E-state index is 13.2. The second kappa shape index (κ2) is 12.0. The summed E-state index contributed by atoms with van der Waals surface area (Å²) in [7, 11) is 2.67. The first-order chi connectivity index (χ1) is 17.3. The molecule has 2 unspecified atom stereocenters. The molecule has 0 spiro atoms. The van der Waals surface area contributed by atoms with E-state index in [1.807, 2.05) is 34.2 Å². The molecule has 9 heteroatoms. The third kappa shape index (κ3) is 5.67. The average molecular weight is 513 g/mol. The number of aryl methyl sites for hydroxylation is 1. The average Bonchev–Trinajstić information content (AvgIpc) is 3.56. The van der Waals surface area contributed by atoms with Crippen LogP contribution >= 0.6 is 11.3 Å². The Labute approximate surface area is 215 Å². The lowest BCUT2D eigenvalue weighted by molar-refractivity contribution is -0.162. The molecule has 0 saturated carbocycles. The van der Waals surface area contributed by atoms with Crippen molar-refractivity contribution >= 4 is 29.2 Å². The number of imidazole rings is 1. The standard InChI is InChI=1S/C27H32N2O6S/c1-6-7-10-23-28-16-21(29(23)17-19-11-13-20(14-12-19)25(31)33-4)24(35-18(2)30)27(3,26(32)34-5)22-9-8-15-36-22/h8-9,11-16,24H,6-7,10,17H2,1-5H3. The summed E-state index contributed by atoms with van der Waals surface area (Å²) in [5.41, 5.74) is 0.669. The third-order valence-corrected chi connectivity index (χ3v) is 7.27. The van der Waals surface area contributed by atoms with Crippen molar-refractivity contribution in [3.63, 3.8) is 0 Å². The van der Waals surface area contributed by atoms with Gasteiger partial charge in [-0.3, -0.25) is 9.59 Å². The van der Waals surface area contributed by atoms with Gasteiger partial charge in [-0.2, -0.15) is 0 Å². The van der Waals surface area contributed by atoms with Crippen LogP contribution in [0.4, 0.5) is 0 Å². The van der Waals surface area contributed by atoms with Crippen LogP contribution in [0, 0.1) is 0 Å². The Morgan fingerprint density at radius 2 is 1.83 bits per heavy atom. The zero-order chi connectivity index (χ0) is 26.3. The third-order valence-electron chi connectivity index (χ3n) is 6.16. The zero-order valence-electron chi connectivity index (χ0n) is 21.3. The normalized spacial score (nSPS) is 13.5. The Balaban J connectivity index is 2.14. The van der Waals surface area contributed by atoms with Crippen molar-refractivity contribution in [2.24, 2.45) is 0 Å². The fourth-order valence-corrected chi connectivity index (χ4v) is 5.06. The van der Waals surface area contributed by atoms with Crippen LogP contribution in [-0.2, 0) is 42.2 Å². The van der Waals surface area contributed by atoms with Crippen LogP contribution < -0.4 is 0 Å². The van der Waals surface area contributed by atoms with Crippen LogP contribution in [-0.4, -0.2) is 41.7 Å². The molecule has 0 saturated heterocycles. The van der Waals surface area contributed by atoms with Gasteiger partial charge in [0.05, 0.1) is 31.7 Å². The Hall–Kier alpha value is -3.46. The van der Waals surface area contributed by atoms with E-state index in [-0.39, 0.29) is 0 Å². The maximum absolute atomic E-state index is 13.2. The maximum Gasteiger partial charge on any atom is 0.337 e. The van der Waals surface area contributed by atoms with Crippen molar-refractivity contribution in [3.8, 4) is 0 Å². The highest BCUT2D eigenvalue weighted by Crippen LogP contribution is 2.43. The van der Waals surface area contributed by atoms with Gasteiger partial charge in [-0.25, -0.2) is 9.78 Å². The number of hydrogen-bond donors (Lipinski definition) is 0. The number of carbonyl (C=O) groups excluding carboxylic acids is 3. The number of unbranched alkanes of at least 4 members (excludes halogenated alkanes) is 1. The molecule has 3 aromatic rings. The highest BCUT2D eigenvalue weighted by atomic mass is 32.1. The van der Waals surface area contributed by atoms with E-state index in [1.165, 1.54) is 32.5 Å². The Morgan fingerprint density at radius 1 is 1.11 bits per heavy atom. The second-order valence-electron chi connectivity index (χ2n) is 8.64. The van der Waals surface area contributed by atoms with Gasteiger partial charge in [-0.1, -0.05) is 31.5 Å². The van der Waals surface area contributed by atoms with Crippen LogP contribution in [0.5, 0.6) is 0 Å². The number of nitrogens with zero attached hydrogens (tertiary/aromatic N) is 2. The minimum atomic E-state index is -1.29. The summed E-state index contributed by atoms with van der Waals surface area (Å²) in [6.07, 6.45) is 3.33. The number of hydrogen-bond acceptors (Lipinski definition) is 8. The molecule has 8 nitrogen and oxygen atoms in total. The number of benzene rings is 1. The number of rotatable bonds is 11. The summed E-state index contributed by atoms with van der Waals surface area (Å²) in [4.78, 5) is 42.7. The van der Waals surface area contributed by atoms with E-state index < -0.39 is 29.4 Å². The molecule has 0 fully saturated rings. The lowest BCUT2D eigenvalue weighted by Gasteiger charge is -2.34. The van der Waals surface area contributed by atoms with Crippen molar-refractivity contribution in [2.75, 3.05) is 14.2 Å². The lowest BCUT2D eigenvalue weighted by atomic mass is 9.80. The molecule has 192 valence electrons. The van der Waals surface area contributed by atoms with E-state index in [4.69, 9.17) is 14.2 Å². The Bertz CT molecular complexity index is 1190. The number of aromatic nitrogens is 2. The quantitative estimate of drug-likeness (QED) is 0.267. The smallest absolute Gasteiger partial charge is 0.337 e. The summed E-state index contributed by atoms with van der Waals surface area (Å²) < 4.78 is 17.8. The van der Waals surface area contributed by atoms with Crippen molar-refractivity contribution < 1.29 is 28.6 Å². The first kappa shape index (κ1) is 27.1. The van der Waals surface area contributed by atoms with E-state index in [1.54, 1.807) is 25.3 Å². The molecule has 3 rings (SSSR count). The molecule has 2 heterocycles. The molecule has 2 atom stereocenters. The minimum absolute atomic E-state index is 0.409. The van der Waals surface area contributed by atoms with Crippen molar-refractivity contribution in [1.82, 2.24) is 9.55 Å². The SMILES string of the molecule is CCCCc1ncc(C(OC(C)=O)C(C)(C(=O)OC)c2cccs2)n1Cc1ccc(C(=O)OC)cc1. The van der Waals surface area contributed by atoms with Gasteiger partial charge in [0.15, 0.2) is 6.10 Å². The fraction of sp³-hybridized carbons (Fsp3) is 0.407. The van der Waals surface area contributed by atoms with Crippen LogP contribution in [0.25, 0.3) is 0 Å². The number of carbonyl (C=O) groups is 3. The number of ether oxygens (including phenoxy) is 3. The van der Waals surface area contributed by atoms with Gasteiger partial charge in [-0.15, -0.1) is 11.3 Å². The highest BCUT2D eigenvalue weighted by Gasteiger charge is 2.49. The first-order valence-electron chi connectivity index (χ1n) is 11.8. The summed E-state index contributed by atoms with van der Waals surface area (Å²) in [6, 6.07) is 10.8. The second-order valence-corrected chi connectivity index (χ2v) is 9.59. The van der Waals surface area contributed by atoms with Crippen LogP contribution in [0.15, 0.2) is 48.0 Å². The Morgan fingerprint density at radius 3 is 2.39 bits per heavy atom. The van der Waals surface area contributed by atoms with Gasteiger partial charge in [0.1, 0.15) is 11.2 Å². The molecule has 0 aliphatic carbocycles. The van der Waals surface area contributed by atoms with Gasteiger partial charge < -0.3 is 18.8 Å². The van der Waals surface area contributed by atoms with Crippen molar-refractivity contribution in [3.05, 3.63) is 75.5 Å². The highest BCUT2D eigenvalue weighted by molar-refractivity contribution is 7.10. The summed E-state index contributed by atoms with van der Waals surface area (Å²) >= 11 is 1.40. The molecular formula is C27H32N2O6S. The predicted molar refractivity (Wildman–Crippen MR) is 136 cm³/mol. The van der Waals surface area contributed by atoms with Gasteiger partial charge in [0.2, 0.25) is 0 Å². The van der Waals surface area contributed by atoms with Crippen molar-refractivity contribution in [1.29, 1.82) is 0 Å². The number of esters is 3. The van der Waals surface area contributed by atoms with Gasteiger partial charge >= 0.3 is 17.9 Å². The molecule has 0 aliphatic heterocycles. The van der Waals surface area contributed by atoms with E-state index in [0.717, 1.165) is 30.7 Å². The minimum Gasteiger partial charge on any atom is -0.468 e. The zero-order valence-corrected chi connectivity index (χ0v) is 22.1. The summed E-state index contributed by atoms with van der Waals surface area (Å²) in [5, 5.41) is 1.87. The predicted octanol–water partition coefficient (Wildman–Crippen LogP) is 4.86. The molecule has 0 amide bonds. The fourth-order valence-electron chi connectivity index (χ4n) is 4.16. The topological polar surface area (TPSA) is 96.7 Å². The molecular weight excluding hydrogens is 480 g/mol. The number of methoxy groups -OCH3 is 2.